The smallest absolute Gasteiger partial charge is 0.269 e. The van der Waals surface area contributed by atoms with Gasteiger partial charge in [-0.05, 0) is 56.2 Å². The molecule has 0 radical (unpaired) electrons. The minimum atomic E-state index is -0.524. The topological polar surface area (TPSA) is 141 Å². The molecule has 3 aromatic rings. The molecule has 0 saturated heterocycles. The molecular weight excluding hydrogens is 496 g/mol. The maximum Gasteiger partial charge on any atom is 0.269 e. The molecule has 0 spiro atoms. The standard InChI is InChI=1S/C25H30N6O5S/c1-6-30-22(21(15(2)3)27-24(33)17-7-13-20(36-5)14-8-17)28-29-25(30)37-16(4)23(32)26-18-9-11-19(12-10-18)31(34)35/h7-16,21H,6H2,1-5H3,(H,26,32)(H,27,33). The van der Waals surface area contributed by atoms with Gasteiger partial charge in [0.25, 0.3) is 11.6 Å². The van der Waals surface area contributed by atoms with Crippen LogP contribution in [0.2, 0.25) is 0 Å². The van der Waals surface area contributed by atoms with Crippen LogP contribution >= 0.6 is 11.8 Å². The van der Waals surface area contributed by atoms with E-state index in [0.29, 0.717) is 34.5 Å². The van der Waals surface area contributed by atoms with Crippen molar-refractivity contribution in [1.82, 2.24) is 20.1 Å². The van der Waals surface area contributed by atoms with Crippen molar-refractivity contribution >= 4 is 35.0 Å². The lowest BCUT2D eigenvalue weighted by molar-refractivity contribution is -0.384. The molecule has 2 unspecified atom stereocenters. The van der Waals surface area contributed by atoms with Crippen molar-refractivity contribution in [2.24, 2.45) is 5.92 Å². The summed E-state index contributed by atoms with van der Waals surface area (Å²) in [6, 6.07) is 12.1. The van der Waals surface area contributed by atoms with Gasteiger partial charge in [0.2, 0.25) is 5.91 Å². The molecule has 12 heteroatoms. The quantitative estimate of drug-likeness (QED) is 0.212. The summed E-state index contributed by atoms with van der Waals surface area (Å²) in [4.78, 5) is 36.0. The highest BCUT2D eigenvalue weighted by Gasteiger charge is 2.27. The Bertz CT molecular complexity index is 1240. The maximum absolute atomic E-state index is 12.9. The largest absolute Gasteiger partial charge is 0.497 e. The molecule has 11 nitrogen and oxygen atoms in total. The van der Waals surface area contributed by atoms with Crippen molar-refractivity contribution < 1.29 is 19.2 Å². The van der Waals surface area contributed by atoms with E-state index in [-0.39, 0.29) is 23.4 Å². The van der Waals surface area contributed by atoms with Gasteiger partial charge in [0.1, 0.15) is 5.75 Å². The number of nitro groups is 1. The zero-order valence-electron chi connectivity index (χ0n) is 21.3. The summed E-state index contributed by atoms with van der Waals surface area (Å²) in [5.41, 5.74) is 0.907. The second-order valence-electron chi connectivity index (χ2n) is 8.56. The Morgan fingerprint density at radius 1 is 1.08 bits per heavy atom. The van der Waals surface area contributed by atoms with E-state index < -0.39 is 16.2 Å². The minimum absolute atomic E-state index is 0.0254. The Morgan fingerprint density at radius 2 is 1.73 bits per heavy atom. The molecule has 3 rings (SSSR count). The van der Waals surface area contributed by atoms with Crippen LogP contribution in [0.3, 0.4) is 0 Å². The van der Waals surface area contributed by atoms with Gasteiger partial charge >= 0.3 is 0 Å². The Balaban J connectivity index is 1.73. The van der Waals surface area contributed by atoms with Crippen LogP contribution in [-0.2, 0) is 11.3 Å². The molecule has 0 saturated carbocycles. The normalized spacial score (nSPS) is 12.6. The number of nitro benzene ring substituents is 1. The maximum atomic E-state index is 12.9. The summed E-state index contributed by atoms with van der Waals surface area (Å²) < 4.78 is 7.05. The number of ether oxygens (including phenoxy) is 1. The molecule has 0 aliphatic heterocycles. The number of rotatable bonds is 11. The monoisotopic (exact) mass is 526 g/mol. The highest BCUT2D eigenvalue weighted by molar-refractivity contribution is 8.00. The van der Waals surface area contributed by atoms with Crippen molar-refractivity contribution in [2.75, 3.05) is 12.4 Å². The van der Waals surface area contributed by atoms with Crippen molar-refractivity contribution in [2.45, 2.75) is 50.7 Å². The van der Waals surface area contributed by atoms with Gasteiger partial charge in [-0.15, -0.1) is 10.2 Å². The first-order chi connectivity index (χ1) is 17.6. The predicted molar refractivity (Wildman–Crippen MR) is 141 cm³/mol. The number of hydrogen-bond donors (Lipinski definition) is 2. The fourth-order valence-electron chi connectivity index (χ4n) is 3.53. The second kappa shape index (κ2) is 12.3. The van der Waals surface area contributed by atoms with Gasteiger partial charge in [-0.2, -0.15) is 0 Å². The van der Waals surface area contributed by atoms with E-state index >= 15 is 0 Å². The van der Waals surface area contributed by atoms with Crippen LogP contribution in [0.25, 0.3) is 0 Å². The highest BCUT2D eigenvalue weighted by Crippen LogP contribution is 2.28. The zero-order valence-corrected chi connectivity index (χ0v) is 22.1. The third-order valence-corrected chi connectivity index (χ3v) is 6.72. The fraction of sp³-hybridized carbons (Fsp3) is 0.360. The number of carbonyl (C=O) groups excluding carboxylic acids is 2. The lowest BCUT2D eigenvalue weighted by Crippen LogP contribution is -2.33. The number of benzene rings is 2. The molecule has 37 heavy (non-hydrogen) atoms. The van der Waals surface area contributed by atoms with E-state index in [0.717, 1.165) is 0 Å². The molecule has 1 heterocycles. The molecule has 2 amide bonds. The lowest BCUT2D eigenvalue weighted by atomic mass is 10.0. The summed E-state index contributed by atoms with van der Waals surface area (Å²) in [7, 11) is 1.57. The molecule has 1 aromatic heterocycles. The molecule has 0 aliphatic rings. The third kappa shape index (κ3) is 6.85. The lowest BCUT2D eigenvalue weighted by Gasteiger charge is -2.23. The average molecular weight is 527 g/mol. The Kier molecular flexibility index (Phi) is 9.23. The Morgan fingerprint density at radius 3 is 2.27 bits per heavy atom. The van der Waals surface area contributed by atoms with Crippen molar-refractivity contribution in [3.05, 3.63) is 70.0 Å². The van der Waals surface area contributed by atoms with E-state index in [1.54, 1.807) is 38.3 Å². The van der Waals surface area contributed by atoms with Crippen LogP contribution in [0.5, 0.6) is 5.75 Å². The van der Waals surface area contributed by atoms with Crippen LogP contribution in [0.1, 0.15) is 49.9 Å². The predicted octanol–water partition coefficient (Wildman–Crippen LogP) is 4.46. The number of aromatic nitrogens is 3. The van der Waals surface area contributed by atoms with Crippen LogP contribution in [-0.4, -0.2) is 43.9 Å². The molecular formula is C25H30N6O5S. The fourth-order valence-corrected chi connectivity index (χ4v) is 4.45. The Labute approximate surface area is 219 Å². The minimum Gasteiger partial charge on any atom is -0.497 e. The molecule has 2 aromatic carbocycles. The average Bonchev–Trinajstić information content (AvgIpc) is 3.29. The van der Waals surface area contributed by atoms with Crippen LogP contribution in [0, 0.1) is 16.0 Å². The molecule has 0 aliphatic carbocycles. The Hall–Kier alpha value is -3.93. The third-order valence-electron chi connectivity index (χ3n) is 5.64. The number of nitrogens with zero attached hydrogens (tertiary/aromatic N) is 4. The first-order valence-electron chi connectivity index (χ1n) is 11.7. The summed E-state index contributed by atoms with van der Waals surface area (Å²) in [6.45, 7) is 8.21. The molecule has 0 fully saturated rings. The first-order valence-corrected chi connectivity index (χ1v) is 12.6. The number of non-ortho nitro benzene ring substituents is 1. The SMILES string of the molecule is CCn1c(SC(C)C(=O)Nc2ccc([N+](=O)[O-])cc2)nnc1C(NC(=O)c1ccc(OC)cc1)C(C)C. The van der Waals surface area contributed by atoms with Crippen molar-refractivity contribution in [3.8, 4) is 5.75 Å². The van der Waals surface area contributed by atoms with Gasteiger partial charge in [0.05, 0.1) is 23.3 Å². The van der Waals surface area contributed by atoms with Crippen LogP contribution in [0.15, 0.2) is 53.7 Å². The number of amides is 2. The van der Waals surface area contributed by atoms with Gasteiger partial charge in [-0.25, -0.2) is 0 Å². The summed E-state index contributed by atoms with van der Waals surface area (Å²) in [5, 5.41) is 25.3. The summed E-state index contributed by atoms with van der Waals surface area (Å²) in [6.07, 6.45) is 0. The number of thioether (sulfide) groups is 1. The van der Waals surface area contributed by atoms with Gasteiger partial charge in [-0.3, -0.25) is 19.7 Å². The zero-order chi connectivity index (χ0) is 27.1. The van der Waals surface area contributed by atoms with Crippen LogP contribution in [0.4, 0.5) is 11.4 Å². The number of anilines is 1. The number of hydrogen-bond acceptors (Lipinski definition) is 8. The summed E-state index contributed by atoms with van der Waals surface area (Å²) in [5.74, 6) is 0.773. The van der Waals surface area contributed by atoms with Gasteiger partial charge in [0, 0.05) is 29.9 Å². The van der Waals surface area contributed by atoms with Gasteiger partial charge < -0.3 is 19.9 Å². The first kappa shape index (κ1) is 27.7. The molecule has 2 atom stereocenters. The van der Waals surface area contributed by atoms with Crippen LogP contribution < -0.4 is 15.4 Å². The molecule has 0 bridgehead atoms. The van der Waals surface area contributed by atoms with E-state index in [1.165, 1.54) is 36.0 Å². The van der Waals surface area contributed by atoms with E-state index in [2.05, 4.69) is 20.8 Å². The van der Waals surface area contributed by atoms with Crippen molar-refractivity contribution in [3.63, 3.8) is 0 Å². The van der Waals surface area contributed by atoms with Crippen molar-refractivity contribution in [1.29, 1.82) is 0 Å². The highest BCUT2D eigenvalue weighted by atomic mass is 32.2. The summed E-state index contributed by atoms with van der Waals surface area (Å²) >= 11 is 1.24. The molecule has 196 valence electrons. The van der Waals surface area contributed by atoms with Gasteiger partial charge in [-0.1, -0.05) is 25.6 Å². The second-order valence-corrected chi connectivity index (χ2v) is 9.87. The van der Waals surface area contributed by atoms with E-state index in [1.807, 2.05) is 25.3 Å². The van der Waals surface area contributed by atoms with E-state index in [4.69, 9.17) is 4.74 Å². The van der Waals surface area contributed by atoms with Gasteiger partial charge in [0.15, 0.2) is 11.0 Å². The molecule has 2 N–H and O–H groups in total. The number of nitrogens with one attached hydrogen (secondary N) is 2. The number of methoxy groups -OCH3 is 1. The number of carbonyl (C=O) groups is 2. The van der Waals surface area contributed by atoms with E-state index in [9.17, 15) is 19.7 Å².